The largest absolute Gasteiger partial charge is 0.466 e. The van der Waals surface area contributed by atoms with Gasteiger partial charge in [-0.3, -0.25) is 9.59 Å². The molecule has 0 radical (unpaired) electrons. The third-order valence-corrected chi connectivity index (χ3v) is 17.1. The maximum Gasteiger partial charge on any atom is 0.305 e. The number of hydrogen-bond acceptors (Lipinski definition) is 5. The second-order valence-corrected chi connectivity index (χ2v) is 25.3. The number of carbonyl (C=O) groups is 2. The first-order valence-corrected chi connectivity index (χ1v) is 36.9. The van der Waals surface area contributed by atoms with Crippen LogP contribution in [0.4, 0.5) is 0 Å². The molecule has 0 aromatic rings. The van der Waals surface area contributed by atoms with Crippen molar-refractivity contribution in [2.75, 3.05) is 13.2 Å². The first-order valence-electron chi connectivity index (χ1n) is 36.9. The van der Waals surface area contributed by atoms with E-state index in [2.05, 4.69) is 55.6 Å². The van der Waals surface area contributed by atoms with Gasteiger partial charge in [-0.2, -0.15) is 0 Å². The lowest BCUT2D eigenvalue weighted by molar-refractivity contribution is -0.143. The Kier molecular flexibility index (Phi) is 69.4. The average molecular weight is 1150 g/mol. The first-order chi connectivity index (χ1) is 40.5. The van der Waals surface area contributed by atoms with Crippen LogP contribution in [0.5, 0.6) is 0 Å². The summed E-state index contributed by atoms with van der Waals surface area (Å²) in [4.78, 5) is 24.6. The van der Waals surface area contributed by atoms with Crippen LogP contribution < -0.4 is 5.32 Å². The van der Waals surface area contributed by atoms with Crippen molar-refractivity contribution >= 4 is 11.9 Å². The predicted octanol–water partition coefficient (Wildman–Crippen LogP) is 24.0. The van der Waals surface area contributed by atoms with Crippen LogP contribution >= 0.6 is 0 Å². The molecule has 0 aliphatic carbocycles. The van der Waals surface area contributed by atoms with E-state index in [0.717, 1.165) is 51.4 Å². The second kappa shape index (κ2) is 71.3. The van der Waals surface area contributed by atoms with Crippen LogP contribution in [0.25, 0.3) is 0 Å². The molecule has 1 amide bonds. The summed E-state index contributed by atoms with van der Waals surface area (Å²) in [6.45, 7) is 4.91. The number of amides is 1. The van der Waals surface area contributed by atoms with Crippen molar-refractivity contribution < 1.29 is 24.5 Å². The molecule has 2 unspecified atom stereocenters. The molecule has 2 atom stereocenters. The molecule has 0 heterocycles. The third-order valence-electron chi connectivity index (χ3n) is 17.1. The van der Waals surface area contributed by atoms with E-state index in [1.54, 1.807) is 6.08 Å². The highest BCUT2D eigenvalue weighted by atomic mass is 16.5. The van der Waals surface area contributed by atoms with Crippen molar-refractivity contribution in [2.24, 2.45) is 0 Å². The molecule has 0 aromatic carbocycles. The van der Waals surface area contributed by atoms with Crippen LogP contribution in [-0.4, -0.2) is 47.4 Å². The molecule has 482 valence electrons. The molecule has 0 rings (SSSR count). The van der Waals surface area contributed by atoms with Gasteiger partial charge in [-0.1, -0.05) is 345 Å². The maximum atomic E-state index is 12.5. The highest BCUT2D eigenvalue weighted by Crippen LogP contribution is 2.18. The summed E-state index contributed by atoms with van der Waals surface area (Å²) in [5.41, 5.74) is 0. The van der Waals surface area contributed by atoms with Crippen LogP contribution in [0.15, 0.2) is 48.6 Å². The Bertz CT molecular complexity index is 1370. The number of nitrogens with one attached hydrogen (secondary N) is 1. The van der Waals surface area contributed by atoms with Crippen molar-refractivity contribution in [3.05, 3.63) is 48.6 Å². The summed E-state index contributed by atoms with van der Waals surface area (Å²) >= 11 is 0. The normalized spacial score (nSPS) is 12.8. The molecule has 3 N–H and O–H groups in total. The lowest BCUT2D eigenvalue weighted by atomic mass is 10.0. The smallest absolute Gasteiger partial charge is 0.305 e. The van der Waals surface area contributed by atoms with E-state index in [0.29, 0.717) is 19.4 Å². The number of rotatable bonds is 69. The SMILES string of the molecule is CCCCCC/C=C\C/C=C\CCCCCCCC(=O)OCCCCCCCCCCCCCC/C=C\CCCCCCCCCCCCCCCC(=O)NC(CO)C(O)/C=C/CCCCCCCCCCCCCCCCCCCC. The summed E-state index contributed by atoms with van der Waals surface area (Å²) in [6.07, 6.45) is 93.4. The van der Waals surface area contributed by atoms with Crippen LogP contribution in [0.2, 0.25) is 0 Å². The maximum absolute atomic E-state index is 12.5. The van der Waals surface area contributed by atoms with Crippen LogP contribution in [0.3, 0.4) is 0 Å². The number of aliphatic hydroxyl groups is 2. The van der Waals surface area contributed by atoms with E-state index in [4.69, 9.17) is 4.74 Å². The molecule has 0 spiro atoms. The summed E-state index contributed by atoms with van der Waals surface area (Å²) in [6, 6.07) is -0.629. The van der Waals surface area contributed by atoms with Crippen molar-refractivity contribution in [3.8, 4) is 0 Å². The fourth-order valence-corrected chi connectivity index (χ4v) is 11.4. The van der Waals surface area contributed by atoms with Gasteiger partial charge in [0.05, 0.1) is 25.4 Å². The average Bonchev–Trinajstić information content (AvgIpc) is 3.48. The monoisotopic (exact) mass is 1150 g/mol. The molecule has 0 saturated carbocycles. The topological polar surface area (TPSA) is 95.9 Å². The first kappa shape index (κ1) is 79.8. The van der Waals surface area contributed by atoms with Crippen molar-refractivity contribution in [3.63, 3.8) is 0 Å². The number of ether oxygens (including phenoxy) is 1. The fraction of sp³-hybridized carbons (Fsp3) is 0.868. The van der Waals surface area contributed by atoms with E-state index in [-0.39, 0.29) is 18.5 Å². The molecule has 0 aliphatic heterocycles. The Morgan fingerprint density at radius 2 is 0.610 bits per heavy atom. The van der Waals surface area contributed by atoms with Crippen molar-refractivity contribution in [1.82, 2.24) is 5.32 Å². The molecule has 6 nitrogen and oxygen atoms in total. The predicted molar refractivity (Wildman–Crippen MR) is 361 cm³/mol. The summed E-state index contributed by atoms with van der Waals surface area (Å²) in [7, 11) is 0. The zero-order valence-corrected chi connectivity index (χ0v) is 55.2. The van der Waals surface area contributed by atoms with Gasteiger partial charge in [0.1, 0.15) is 0 Å². The number of esters is 1. The summed E-state index contributed by atoms with van der Waals surface area (Å²) in [5, 5.41) is 23.3. The van der Waals surface area contributed by atoms with Gasteiger partial charge in [-0.15, -0.1) is 0 Å². The molecule has 0 aliphatic rings. The minimum absolute atomic E-state index is 0.00294. The molecular formula is C76H143NO5. The summed E-state index contributed by atoms with van der Waals surface area (Å²) in [5.74, 6) is -0.0610. The van der Waals surface area contributed by atoms with Gasteiger partial charge < -0.3 is 20.3 Å². The van der Waals surface area contributed by atoms with Gasteiger partial charge in [0.25, 0.3) is 0 Å². The Morgan fingerprint density at radius 3 is 0.951 bits per heavy atom. The number of aliphatic hydroxyl groups excluding tert-OH is 2. The van der Waals surface area contributed by atoms with E-state index >= 15 is 0 Å². The molecule has 0 fully saturated rings. The Labute approximate surface area is 512 Å². The van der Waals surface area contributed by atoms with Gasteiger partial charge >= 0.3 is 5.97 Å². The molecule has 6 heteroatoms. The minimum atomic E-state index is -0.845. The van der Waals surface area contributed by atoms with Gasteiger partial charge in [0.2, 0.25) is 5.91 Å². The Morgan fingerprint density at radius 1 is 0.341 bits per heavy atom. The number of carbonyl (C=O) groups excluding carboxylic acids is 2. The molecule has 0 saturated heterocycles. The van der Waals surface area contributed by atoms with Crippen LogP contribution in [-0.2, 0) is 14.3 Å². The van der Waals surface area contributed by atoms with Crippen molar-refractivity contribution in [1.29, 1.82) is 0 Å². The quantitative estimate of drug-likeness (QED) is 0.0320. The van der Waals surface area contributed by atoms with E-state index < -0.39 is 12.1 Å². The molecule has 0 bridgehead atoms. The second-order valence-electron chi connectivity index (χ2n) is 25.3. The van der Waals surface area contributed by atoms with Gasteiger partial charge in [0, 0.05) is 12.8 Å². The Hall–Kier alpha value is -2.18. The van der Waals surface area contributed by atoms with Crippen LogP contribution in [0, 0.1) is 0 Å². The number of hydrogen-bond donors (Lipinski definition) is 3. The lowest BCUT2D eigenvalue weighted by Gasteiger charge is -2.20. The fourth-order valence-electron chi connectivity index (χ4n) is 11.4. The summed E-state index contributed by atoms with van der Waals surface area (Å²) < 4.78 is 5.49. The van der Waals surface area contributed by atoms with E-state index in [9.17, 15) is 19.8 Å². The molecular weight excluding hydrogens is 1010 g/mol. The van der Waals surface area contributed by atoms with E-state index in [1.807, 2.05) is 6.08 Å². The zero-order valence-electron chi connectivity index (χ0n) is 55.2. The van der Waals surface area contributed by atoms with Crippen LogP contribution in [0.1, 0.15) is 399 Å². The molecule has 0 aromatic heterocycles. The molecule has 82 heavy (non-hydrogen) atoms. The third kappa shape index (κ3) is 67.0. The minimum Gasteiger partial charge on any atom is -0.466 e. The highest BCUT2D eigenvalue weighted by molar-refractivity contribution is 5.76. The van der Waals surface area contributed by atoms with Gasteiger partial charge in [-0.25, -0.2) is 0 Å². The zero-order chi connectivity index (χ0) is 59.2. The van der Waals surface area contributed by atoms with Gasteiger partial charge in [-0.05, 0) is 89.9 Å². The Balaban J connectivity index is 3.40. The van der Waals surface area contributed by atoms with E-state index in [1.165, 1.54) is 321 Å². The lowest BCUT2D eigenvalue weighted by Crippen LogP contribution is -2.45. The highest BCUT2D eigenvalue weighted by Gasteiger charge is 2.18. The number of allylic oxidation sites excluding steroid dienone is 7. The standard InChI is InChI=1S/C76H143NO5/c1-3-5-7-9-11-13-15-17-19-21-22-34-37-40-44-48-52-56-60-64-68-74(79)73(72-78)77-75(80)69-65-61-57-53-49-45-41-38-35-32-30-28-26-24-23-25-27-29-31-33-36-39-43-47-51-55-59-63-67-71-82-76(81)70-66-62-58-54-50-46-42-20-18-16-14-12-10-8-6-4-2/h14,16,20,23,25,42,64,68,73-74,78-79H,3-13,15,17-19,21-22,24,26-41,43-63,65-67,69-72H2,1-2H3,(H,77,80)/b16-14-,25-23-,42-20-,68-64+. The van der Waals surface area contributed by atoms with Crippen molar-refractivity contribution in [2.45, 2.75) is 411 Å². The number of unbranched alkanes of at least 4 members (excludes halogenated alkanes) is 52. The van der Waals surface area contributed by atoms with Gasteiger partial charge in [0.15, 0.2) is 0 Å².